The third kappa shape index (κ3) is 5.49. The van der Waals surface area contributed by atoms with Crippen molar-refractivity contribution in [3.05, 3.63) is 0 Å². The average molecular weight is 236 g/mol. The predicted octanol–water partition coefficient (Wildman–Crippen LogP) is 1.08. The predicted molar refractivity (Wildman–Crippen MR) is 64.1 cm³/mol. The van der Waals surface area contributed by atoms with Gasteiger partial charge in [-0.3, -0.25) is 0 Å². The molecular formula is C10H24N2O2S. The van der Waals surface area contributed by atoms with Gasteiger partial charge in [0.1, 0.15) is 0 Å². The Morgan fingerprint density at radius 3 is 2.07 bits per heavy atom. The standard InChI is InChI=1S/C10H24N2O2S/c1-8(2)6-9(11)7-12-15(13,14)10(3,4)5/h8-9,12H,6-7,11H2,1-5H3. The Labute approximate surface area is 93.7 Å². The van der Waals surface area contributed by atoms with E-state index in [1.807, 2.05) is 0 Å². The van der Waals surface area contributed by atoms with Crippen molar-refractivity contribution in [3.8, 4) is 0 Å². The van der Waals surface area contributed by atoms with Crippen LogP contribution in [0.3, 0.4) is 0 Å². The van der Waals surface area contributed by atoms with E-state index >= 15 is 0 Å². The lowest BCUT2D eigenvalue weighted by molar-refractivity contribution is 0.480. The molecule has 1 atom stereocenters. The van der Waals surface area contributed by atoms with Gasteiger partial charge in [0.25, 0.3) is 0 Å². The summed E-state index contributed by atoms with van der Waals surface area (Å²) in [7, 11) is -3.26. The van der Waals surface area contributed by atoms with E-state index in [9.17, 15) is 8.42 Å². The quantitative estimate of drug-likeness (QED) is 0.750. The van der Waals surface area contributed by atoms with Gasteiger partial charge in [-0.2, -0.15) is 0 Å². The van der Waals surface area contributed by atoms with Crippen LogP contribution in [0.15, 0.2) is 0 Å². The number of hydrogen-bond acceptors (Lipinski definition) is 3. The van der Waals surface area contributed by atoms with Crippen LogP contribution in [0.2, 0.25) is 0 Å². The Hall–Kier alpha value is -0.130. The number of nitrogens with two attached hydrogens (primary N) is 1. The highest BCUT2D eigenvalue weighted by molar-refractivity contribution is 7.90. The SMILES string of the molecule is CC(C)CC(N)CNS(=O)(=O)C(C)(C)C. The van der Waals surface area contributed by atoms with Gasteiger partial charge in [-0.25, -0.2) is 13.1 Å². The van der Waals surface area contributed by atoms with Crippen molar-refractivity contribution in [2.24, 2.45) is 11.7 Å². The molecule has 1 unspecified atom stereocenters. The van der Waals surface area contributed by atoms with Crippen LogP contribution in [-0.4, -0.2) is 25.8 Å². The van der Waals surface area contributed by atoms with Crippen LogP contribution in [0, 0.1) is 5.92 Å². The van der Waals surface area contributed by atoms with Crippen molar-refractivity contribution >= 4 is 10.0 Å². The van der Waals surface area contributed by atoms with Gasteiger partial charge in [-0.1, -0.05) is 13.8 Å². The molecule has 0 bridgehead atoms. The molecule has 0 saturated heterocycles. The first-order valence-electron chi connectivity index (χ1n) is 5.31. The zero-order valence-electron chi connectivity index (χ0n) is 10.4. The molecule has 0 aliphatic carbocycles. The molecule has 0 rings (SSSR count). The third-order valence-corrected chi connectivity index (χ3v) is 4.27. The van der Waals surface area contributed by atoms with Gasteiger partial charge in [0.15, 0.2) is 0 Å². The van der Waals surface area contributed by atoms with E-state index in [2.05, 4.69) is 18.6 Å². The van der Waals surface area contributed by atoms with Gasteiger partial charge in [0.05, 0.1) is 4.75 Å². The largest absolute Gasteiger partial charge is 0.327 e. The van der Waals surface area contributed by atoms with Crippen molar-refractivity contribution < 1.29 is 8.42 Å². The van der Waals surface area contributed by atoms with Crippen LogP contribution in [0.1, 0.15) is 41.0 Å². The summed E-state index contributed by atoms with van der Waals surface area (Å²) >= 11 is 0. The van der Waals surface area contributed by atoms with Crippen LogP contribution >= 0.6 is 0 Å². The highest BCUT2D eigenvalue weighted by Crippen LogP contribution is 2.13. The fourth-order valence-electron chi connectivity index (χ4n) is 1.12. The highest BCUT2D eigenvalue weighted by Gasteiger charge is 2.28. The second-order valence-electron chi connectivity index (χ2n) is 5.35. The van der Waals surface area contributed by atoms with Gasteiger partial charge in [0.2, 0.25) is 10.0 Å². The van der Waals surface area contributed by atoms with E-state index in [1.165, 1.54) is 0 Å². The zero-order chi connectivity index (χ0) is 12.3. The molecule has 3 N–H and O–H groups in total. The average Bonchev–Trinajstić information content (AvgIpc) is 1.97. The summed E-state index contributed by atoms with van der Waals surface area (Å²) in [5.74, 6) is 0.485. The Balaban J connectivity index is 4.17. The maximum atomic E-state index is 11.7. The Morgan fingerprint density at radius 2 is 1.73 bits per heavy atom. The third-order valence-electron chi connectivity index (χ3n) is 2.12. The Kier molecular flexibility index (Phi) is 5.23. The van der Waals surface area contributed by atoms with Crippen molar-refractivity contribution in [1.82, 2.24) is 4.72 Å². The van der Waals surface area contributed by atoms with E-state index in [0.29, 0.717) is 12.5 Å². The van der Waals surface area contributed by atoms with E-state index in [1.54, 1.807) is 20.8 Å². The molecule has 0 aliphatic heterocycles. The molecular weight excluding hydrogens is 212 g/mol. The molecule has 15 heavy (non-hydrogen) atoms. The zero-order valence-corrected chi connectivity index (χ0v) is 11.2. The molecule has 0 aromatic rings. The molecule has 0 spiro atoms. The molecule has 0 saturated carbocycles. The first kappa shape index (κ1) is 14.9. The summed E-state index contributed by atoms with van der Waals surface area (Å²) in [6.07, 6.45) is 0.826. The fraction of sp³-hybridized carbons (Fsp3) is 1.00. The number of rotatable bonds is 5. The maximum absolute atomic E-state index is 11.7. The summed E-state index contributed by atoms with van der Waals surface area (Å²) in [6.45, 7) is 9.46. The van der Waals surface area contributed by atoms with Gasteiger partial charge in [-0.05, 0) is 33.1 Å². The lowest BCUT2D eigenvalue weighted by atomic mass is 10.1. The van der Waals surface area contributed by atoms with E-state index in [4.69, 9.17) is 5.73 Å². The lowest BCUT2D eigenvalue weighted by Crippen LogP contribution is -2.44. The van der Waals surface area contributed by atoms with Gasteiger partial charge >= 0.3 is 0 Å². The number of sulfonamides is 1. The van der Waals surface area contributed by atoms with Gasteiger partial charge < -0.3 is 5.73 Å². The summed E-state index contributed by atoms with van der Waals surface area (Å²) in [5.41, 5.74) is 5.80. The molecule has 0 radical (unpaired) electrons. The van der Waals surface area contributed by atoms with Crippen molar-refractivity contribution in [2.45, 2.75) is 51.8 Å². The summed E-state index contributed by atoms with van der Waals surface area (Å²) in [6, 6.07) is -0.109. The second kappa shape index (κ2) is 5.27. The van der Waals surface area contributed by atoms with E-state index in [0.717, 1.165) is 6.42 Å². The highest BCUT2D eigenvalue weighted by atomic mass is 32.2. The summed E-state index contributed by atoms with van der Waals surface area (Å²) < 4.78 is 25.1. The Morgan fingerprint density at radius 1 is 1.27 bits per heavy atom. The molecule has 0 aromatic heterocycles. The molecule has 0 fully saturated rings. The molecule has 92 valence electrons. The van der Waals surface area contributed by atoms with Crippen LogP contribution in [0.25, 0.3) is 0 Å². The van der Waals surface area contributed by atoms with Crippen LogP contribution < -0.4 is 10.5 Å². The van der Waals surface area contributed by atoms with Crippen LogP contribution in [0.5, 0.6) is 0 Å². The van der Waals surface area contributed by atoms with Crippen molar-refractivity contribution in [2.75, 3.05) is 6.54 Å². The number of hydrogen-bond donors (Lipinski definition) is 2. The first-order valence-corrected chi connectivity index (χ1v) is 6.79. The topological polar surface area (TPSA) is 72.2 Å². The molecule has 0 amide bonds. The monoisotopic (exact) mass is 236 g/mol. The minimum atomic E-state index is -3.26. The van der Waals surface area contributed by atoms with Crippen LogP contribution in [0.4, 0.5) is 0 Å². The smallest absolute Gasteiger partial charge is 0.216 e. The minimum Gasteiger partial charge on any atom is -0.327 e. The summed E-state index contributed by atoms with van der Waals surface area (Å²) in [5, 5.41) is 0. The normalized spacial score (nSPS) is 15.7. The molecule has 4 nitrogen and oxygen atoms in total. The molecule has 0 aromatic carbocycles. The molecule has 5 heteroatoms. The van der Waals surface area contributed by atoms with E-state index in [-0.39, 0.29) is 6.04 Å². The fourth-order valence-corrected chi connectivity index (χ4v) is 1.99. The molecule has 0 heterocycles. The van der Waals surface area contributed by atoms with Gasteiger partial charge in [-0.15, -0.1) is 0 Å². The van der Waals surface area contributed by atoms with Crippen molar-refractivity contribution in [1.29, 1.82) is 0 Å². The summed E-state index contributed by atoms with van der Waals surface area (Å²) in [4.78, 5) is 0. The first-order chi connectivity index (χ1) is 6.56. The second-order valence-corrected chi connectivity index (χ2v) is 7.87. The number of nitrogens with one attached hydrogen (secondary N) is 1. The maximum Gasteiger partial charge on any atom is 0.216 e. The lowest BCUT2D eigenvalue weighted by Gasteiger charge is -2.22. The van der Waals surface area contributed by atoms with Gasteiger partial charge in [0, 0.05) is 12.6 Å². The molecule has 0 aliphatic rings. The Bertz CT molecular complexity index is 278. The van der Waals surface area contributed by atoms with E-state index < -0.39 is 14.8 Å². The van der Waals surface area contributed by atoms with Crippen LogP contribution in [-0.2, 0) is 10.0 Å². The minimum absolute atomic E-state index is 0.109. The van der Waals surface area contributed by atoms with Crippen molar-refractivity contribution in [3.63, 3.8) is 0 Å².